The third-order valence-electron chi connectivity index (χ3n) is 5.65. The summed E-state index contributed by atoms with van der Waals surface area (Å²) in [4.78, 5) is 0. The molecule has 3 rings (SSSR count). The molecule has 0 unspecified atom stereocenters. The minimum atomic E-state index is -5.55. The molecule has 10 heteroatoms. The molecule has 0 saturated heterocycles. The quantitative estimate of drug-likeness (QED) is 0.391. The molecule has 2 nitrogen and oxygen atoms in total. The van der Waals surface area contributed by atoms with Crippen LogP contribution in [0.3, 0.4) is 0 Å². The second-order valence-electron chi connectivity index (χ2n) is 8.04. The fourth-order valence-corrected chi connectivity index (χ4v) is 3.93. The van der Waals surface area contributed by atoms with Crippen LogP contribution in [0.4, 0.5) is 35.1 Å². The van der Waals surface area contributed by atoms with E-state index < -0.39 is 63.8 Å². The van der Waals surface area contributed by atoms with Crippen molar-refractivity contribution in [2.75, 3.05) is 6.61 Å². The Morgan fingerprint density at radius 3 is 1.97 bits per heavy atom. The van der Waals surface area contributed by atoms with Gasteiger partial charge in [0.2, 0.25) is 5.82 Å². The average molecular weight is 482 g/mol. The summed E-state index contributed by atoms with van der Waals surface area (Å²) in [7, 11) is 0. The molecule has 0 spiro atoms. The van der Waals surface area contributed by atoms with E-state index in [9.17, 15) is 30.7 Å². The lowest BCUT2D eigenvalue weighted by Crippen LogP contribution is -2.31. The molecule has 0 radical (unpaired) electrons. The minimum Gasteiger partial charge on any atom is -0.491 e. The Kier molecular flexibility index (Phi) is 7.26. The second-order valence-corrected chi connectivity index (χ2v) is 8.04. The van der Waals surface area contributed by atoms with E-state index in [0.717, 1.165) is 12.1 Å². The monoisotopic (exact) mass is 482 g/mol. The minimum absolute atomic E-state index is 0.0218. The van der Waals surface area contributed by atoms with Crippen LogP contribution in [0.5, 0.6) is 5.75 Å². The predicted molar refractivity (Wildman–Crippen MR) is 104 cm³/mol. The maximum atomic E-state index is 15.0. The van der Waals surface area contributed by atoms with Crippen molar-refractivity contribution < 1.29 is 44.6 Å². The maximum absolute atomic E-state index is 15.0. The lowest BCUT2D eigenvalue weighted by atomic mass is 9.89. The van der Waals surface area contributed by atoms with Crippen molar-refractivity contribution in [3.63, 3.8) is 0 Å². The van der Waals surface area contributed by atoms with Crippen LogP contribution in [0.2, 0.25) is 0 Å². The van der Waals surface area contributed by atoms with Crippen LogP contribution in [-0.2, 0) is 17.0 Å². The summed E-state index contributed by atoms with van der Waals surface area (Å²) in [5.41, 5.74) is -5.90. The van der Waals surface area contributed by atoms with E-state index in [4.69, 9.17) is 4.74 Å². The highest BCUT2D eigenvalue weighted by Gasteiger charge is 2.48. The third-order valence-corrected chi connectivity index (χ3v) is 5.65. The molecule has 2 aromatic carbocycles. The molecule has 0 aromatic heterocycles. The molecular formula is C23H22F8O2. The largest absolute Gasteiger partial charge is 0.491 e. The van der Waals surface area contributed by atoms with Gasteiger partial charge in [0.15, 0.2) is 11.6 Å². The predicted octanol–water partition coefficient (Wildman–Crippen LogP) is 7.83. The molecule has 0 amide bonds. The first kappa shape index (κ1) is 25.3. The number of benzene rings is 2. The van der Waals surface area contributed by atoms with Crippen LogP contribution >= 0.6 is 0 Å². The van der Waals surface area contributed by atoms with Crippen molar-refractivity contribution in [2.24, 2.45) is 5.92 Å². The first-order chi connectivity index (χ1) is 15.4. The van der Waals surface area contributed by atoms with E-state index in [-0.39, 0.29) is 25.4 Å². The zero-order valence-corrected chi connectivity index (χ0v) is 17.8. The summed E-state index contributed by atoms with van der Waals surface area (Å²) in [6, 6.07) is 2.62. The van der Waals surface area contributed by atoms with E-state index in [1.165, 1.54) is 6.92 Å². The zero-order chi connectivity index (χ0) is 24.6. The summed E-state index contributed by atoms with van der Waals surface area (Å²) in [5.74, 6) is -5.59. The van der Waals surface area contributed by atoms with Gasteiger partial charge in [-0.3, -0.25) is 0 Å². The molecule has 0 N–H and O–H groups in total. The molecule has 182 valence electrons. The first-order valence-electron chi connectivity index (χ1n) is 10.4. The zero-order valence-electron chi connectivity index (χ0n) is 17.8. The molecular weight excluding hydrogens is 460 g/mol. The van der Waals surface area contributed by atoms with Crippen LogP contribution in [0, 0.1) is 23.4 Å². The molecule has 0 bridgehead atoms. The summed E-state index contributed by atoms with van der Waals surface area (Å²) < 4.78 is 124. The molecule has 0 aliphatic heterocycles. The van der Waals surface area contributed by atoms with Crippen LogP contribution in [0.1, 0.15) is 50.7 Å². The molecule has 1 fully saturated rings. The number of halogens is 8. The van der Waals surface area contributed by atoms with Gasteiger partial charge in [0.1, 0.15) is 11.4 Å². The highest BCUT2D eigenvalue weighted by atomic mass is 19.4. The SMILES string of the molecule is CCOc1ccc(-c2ccc(C(F)(F)OC3CCC(C)CC3)c(C(F)(F)F)c2F)c(F)c1F. The van der Waals surface area contributed by atoms with Crippen LogP contribution in [-0.4, -0.2) is 12.7 Å². The molecule has 1 saturated carbocycles. The van der Waals surface area contributed by atoms with Crippen molar-refractivity contribution in [1.82, 2.24) is 0 Å². The van der Waals surface area contributed by atoms with Gasteiger partial charge in [-0.05, 0) is 56.7 Å². The van der Waals surface area contributed by atoms with Gasteiger partial charge in [-0.15, -0.1) is 0 Å². The third kappa shape index (κ3) is 5.26. The van der Waals surface area contributed by atoms with Crippen molar-refractivity contribution in [3.05, 3.63) is 52.8 Å². The summed E-state index contributed by atoms with van der Waals surface area (Å²) in [6.07, 6.45) is -9.38. The topological polar surface area (TPSA) is 18.5 Å². The van der Waals surface area contributed by atoms with E-state index in [1.54, 1.807) is 0 Å². The average Bonchev–Trinajstić information content (AvgIpc) is 2.72. The van der Waals surface area contributed by atoms with Crippen molar-refractivity contribution >= 4 is 0 Å². The summed E-state index contributed by atoms with van der Waals surface area (Å²) >= 11 is 0. The highest BCUT2D eigenvalue weighted by molar-refractivity contribution is 5.68. The number of hydrogen-bond acceptors (Lipinski definition) is 2. The van der Waals surface area contributed by atoms with Gasteiger partial charge in [0.05, 0.1) is 18.3 Å². The van der Waals surface area contributed by atoms with Gasteiger partial charge in [-0.2, -0.15) is 26.3 Å². The Balaban J connectivity index is 2.07. The van der Waals surface area contributed by atoms with E-state index in [1.807, 2.05) is 6.92 Å². The Morgan fingerprint density at radius 2 is 1.39 bits per heavy atom. The summed E-state index contributed by atoms with van der Waals surface area (Å²) in [5, 5.41) is 0. The van der Waals surface area contributed by atoms with Gasteiger partial charge in [0.25, 0.3) is 0 Å². The van der Waals surface area contributed by atoms with Gasteiger partial charge in [0, 0.05) is 11.1 Å². The Morgan fingerprint density at radius 1 is 0.818 bits per heavy atom. The highest BCUT2D eigenvalue weighted by Crippen LogP contribution is 2.46. The van der Waals surface area contributed by atoms with Crippen LogP contribution in [0.25, 0.3) is 11.1 Å². The van der Waals surface area contributed by atoms with E-state index >= 15 is 4.39 Å². The van der Waals surface area contributed by atoms with Crippen LogP contribution < -0.4 is 4.74 Å². The number of alkyl halides is 5. The van der Waals surface area contributed by atoms with Crippen LogP contribution in [0.15, 0.2) is 24.3 Å². The lowest BCUT2D eigenvalue weighted by Gasteiger charge is -2.31. The van der Waals surface area contributed by atoms with Gasteiger partial charge in [-0.1, -0.05) is 13.0 Å². The molecule has 2 aromatic rings. The van der Waals surface area contributed by atoms with Gasteiger partial charge >= 0.3 is 12.3 Å². The lowest BCUT2D eigenvalue weighted by molar-refractivity contribution is -0.280. The molecule has 33 heavy (non-hydrogen) atoms. The Labute approximate surface area is 185 Å². The first-order valence-corrected chi connectivity index (χ1v) is 10.4. The van der Waals surface area contributed by atoms with E-state index in [0.29, 0.717) is 25.0 Å². The summed E-state index contributed by atoms with van der Waals surface area (Å²) in [6.45, 7) is 3.40. The molecule has 1 aliphatic carbocycles. The Hall–Kier alpha value is -2.36. The molecule has 1 aliphatic rings. The smallest absolute Gasteiger partial charge is 0.419 e. The Bertz CT molecular complexity index is 995. The van der Waals surface area contributed by atoms with E-state index in [2.05, 4.69) is 4.74 Å². The normalized spacial score (nSPS) is 19.6. The van der Waals surface area contributed by atoms with Crippen molar-refractivity contribution in [3.8, 4) is 16.9 Å². The van der Waals surface area contributed by atoms with Gasteiger partial charge in [-0.25, -0.2) is 8.78 Å². The molecule has 0 atom stereocenters. The molecule has 0 heterocycles. The van der Waals surface area contributed by atoms with Gasteiger partial charge < -0.3 is 9.47 Å². The number of rotatable bonds is 6. The number of hydrogen-bond donors (Lipinski definition) is 0. The fraction of sp³-hybridized carbons (Fsp3) is 0.478. The van der Waals surface area contributed by atoms with Crippen molar-refractivity contribution in [1.29, 1.82) is 0 Å². The fourth-order valence-electron chi connectivity index (χ4n) is 3.93. The standard InChI is InChI=1S/C23H22F8O2/c1-3-32-17-11-9-15(20(25)21(17)26)14-8-10-16(18(19(14)24)22(27,28)29)23(30,31)33-13-6-4-12(2)5-7-13/h8-13H,3-7H2,1-2H3. The number of ether oxygens (including phenoxy) is 2. The van der Waals surface area contributed by atoms with Crippen molar-refractivity contribution in [2.45, 2.75) is 57.9 Å². The maximum Gasteiger partial charge on any atom is 0.419 e. The second kappa shape index (κ2) is 9.48.